The molecule has 0 aromatic rings. The van der Waals surface area contributed by atoms with Crippen LogP contribution >= 0.6 is 0 Å². The Bertz CT molecular complexity index is 392. The zero-order chi connectivity index (χ0) is 18.0. The van der Waals surface area contributed by atoms with Crippen LogP contribution < -0.4 is 0 Å². The lowest BCUT2D eigenvalue weighted by Gasteiger charge is -2.36. The third kappa shape index (κ3) is 3.86. The van der Waals surface area contributed by atoms with Gasteiger partial charge in [-0.2, -0.15) is 39.5 Å². The van der Waals surface area contributed by atoms with Crippen molar-refractivity contribution in [3.8, 4) is 0 Å². The van der Waals surface area contributed by atoms with E-state index >= 15 is 0 Å². The van der Waals surface area contributed by atoms with Crippen LogP contribution in [0, 0.1) is 5.41 Å². The van der Waals surface area contributed by atoms with Crippen LogP contribution in [0.2, 0.25) is 0 Å². The Balaban J connectivity index is 6.17. The van der Waals surface area contributed by atoms with E-state index in [0.29, 0.717) is 6.92 Å². The van der Waals surface area contributed by atoms with E-state index in [0.717, 1.165) is 0 Å². The van der Waals surface area contributed by atoms with E-state index in [2.05, 4.69) is 4.74 Å². The van der Waals surface area contributed by atoms with E-state index in [1.54, 1.807) is 0 Å². The van der Waals surface area contributed by atoms with Gasteiger partial charge in [-0.15, -0.1) is 0 Å². The lowest BCUT2D eigenvalue weighted by atomic mass is 9.83. The smallest absolute Gasteiger partial charge is 0.415 e. The number of alkyl halides is 9. The van der Waals surface area contributed by atoms with Crippen LogP contribution in [0.4, 0.5) is 39.5 Å². The maximum Gasteiger partial charge on any atom is 0.415 e. The fourth-order valence-corrected chi connectivity index (χ4v) is 1.42. The van der Waals surface area contributed by atoms with Gasteiger partial charge in [-0.25, -0.2) is 4.79 Å². The molecule has 0 aromatic carbocycles. The van der Waals surface area contributed by atoms with Gasteiger partial charge in [-0.05, 0) is 19.4 Å². The van der Waals surface area contributed by atoms with Crippen molar-refractivity contribution in [1.82, 2.24) is 0 Å². The fraction of sp³-hybridized carbons (Fsp3) is 0.727. The molecule has 0 heterocycles. The number of carbonyl (C=O) groups excluding carboxylic acids is 1. The second kappa shape index (κ2) is 6.37. The molecule has 0 saturated heterocycles. The lowest BCUT2D eigenvalue weighted by Crippen LogP contribution is -2.58. The first-order chi connectivity index (χ1) is 9.62. The summed E-state index contributed by atoms with van der Waals surface area (Å²) in [5, 5.41) is 0. The van der Waals surface area contributed by atoms with Crippen LogP contribution in [0.25, 0.3) is 0 Å². The summed E-state index contributed by atoms with van der Waals surface area (Å²) in [5.74, 6) is -1.69. The van der Waals surface area contributed by atoms with Crippen LogP contribution in [-0.4, -0.2) is 31.1 Å². The van der Waals surface area contributed by atoms with Gasteiger partial charge in [0.25, 0.3) is 5.41 Å². The minimum atomic E-state index is -6.74. The SMILES string of the molecule is CCCOC(=O)C(C)=CC(C(F)(F)F)(C(F)(F)F)C(F)(F)F. The summed E-state index contributed by atoms with van der Waals surface area (Å²) in [5.41, 5.74) is -7.59. The minimum Gasteiger partial charge on any atom is -0.462 e. The molecule has 11 heteroatoms. The van der Waals surface area contributed by atoms with Crippen molar-refractivity contribution < 1.29 is 49.0 Å². The fourth-order valence-electron chi connectivity index (χ4n) is 1.42. The van der Waals surface area contributed by atoms with Crippen LogP contribution in [-0.2, 0) is 9.53 Å². The Morgan fingerprint density at radius 3 is 1.55 bits per heavy atom. The zero-order valence-corrected chi connectivity index (χ0v) is 11.2. The summed E-state index contributed by atoms with van der Waals surface area (Å²) in [7, 11) is 0. The van der Waals surface area contributed by atoms with Gasteiger partial charge in [0.15, 0.2) is 0 Å². The highest BCUT2D eigenvalue weighted by Gasteiger charge is 2.82. The molecule has 0 aliphatic heterocycles. The lowest BCUT2D eigenvalue weighted by molar-refractivity contribution is -0.407. The Morgan fingerprint density at radius 1 is 0.909 bits per heavy atom. The summed E-state index contributed by atoms with van der Waals surface area (Å²) in [6.45, 7) is 1.49. The molecule has 22 heavy (non-hydrogen) atoms. The van der Waals surface area contributed by atoms with Gasteiger partial charge < -0.3 is 4.74 Å². The van der Waals surface area contributed by atoms with Gasteiger partial charge in [-0.3, -0.25) is 0 Å². The van der Waals surface area contributed by atoms with Crippen LogP contribution in [0.5, 0.6) is 0 Å². The van der Waals surface area contributed by atoms with E-state index < -0.39 is 41.6 Å². The highest BCUT2D eigenvalue weighted by molar-refractivity contribution is 5.88. The molecule has 0 aromatic heterocycles. The summed E-state index contributed by atoms with van der Waals surface area (Å²) in [6.07, 6.45) is -21.2. The maximum atomic E-state index is 12.6. The molecule has 0 radical (unpaired) electrons. The molecule has 0 atom stereocenters. The second-order valence-corrected chi connectivity index (χ2v) is 4.26. The summed E-state index contributed by atoms with van der Waals surface area (Å²) in [6, 6.07) is 0. The van der Waals surface area contributed by atoms with Crippen molar-refractivity contribution in [3.05, 3.63) is 11.6 Å². The standard InChI is InChI=1S/C11H11F9O2/c1-3-4-22-7(21)6(2)5-8(9(12,13)14,10(15,16)17)11(18,19)20/h5H,3-4H2,1-2H3. The van der Waals surface area contributed by atoms with Crippen molar-refractivity contribution in [3.63, 3.8) is 0 Å². The predicted octanol–water partition coefficient (Wildman–Crippen LogP) is 4.56. The molecule has 0 saturated carbocycles. The highest BCUT2D eigenvalue weighted by Crippen LogP contribution is 2.60. The van der Waals surface area contributed by atoms with Crippen LogP contribution in [0.3, 0.4) is 0 Å². The Labute approximate surface area is 118 Å². The zero-order valence-electron chi connectivity index (χ0n) is 11.2. The Hall–Kier alpha value is -1.42. The van der Waals surface area contributed by atoms with Gasteiger partial charge in [0.2, 0.25) is 0 Å². The molecule has 0 bridgehead atoms. The van der Waals surface area contributed by atoms with Crippen LogP contribution in [0.1, 0.15) is 20.3 Å². The quantitative estimate of drug-likeness (QED) is 0.424. The van der Waals surface area contributed by atoms with E-state index in [4.69, 9.17) is 0 Å². The first kappa shape index (κ1) is 20.6. The summed E-state index contributed by atoms with van der Waals surface area (Å²) in [4.78, 5) is 11.2. The number of carbonyl (C=O) groups is 1. The normalized spacial score (nSPS) is 15.0. The summed E-state index contributed by atoms with van der Waals surface area (Å²) >= 11 is 0. The molecule has 0 amide bonds. The van der Waals surface area contributed by atoms with Gasteiger partial charge in [0.1, 0.15) is 0 Å². The summed E-state index contributed by atoms with van der Waals surface area (Å²) < 4.78 is 118. The monoisotopic (exact) mass is 346 g/mol. The van der Waals surface area contributed by atoms with Crippen molar-refractivity contribution in [2.45, 2.75) is 38.8 Å². The molecule has 0 aliphatic rings. The molecule has 0 rings (SSSR count). The van der Waals surface area contributed by atoms with Crippen molar-refractivity contribution >= 4 is 5.97 Å². The van der Waals surface area contributed by atoms with Gasteiger partial charge in [-0.1, -0.05) is 6.92 Å². The number of hydrogen-bond acceptors (Lipinski definition) is 2. The minimum absolute atomic E-state index is 0.183. The average Bonchev–Trinajstić information content (AvgIpc) is 2.27. The van der Waals surface area contributed by atoms with Gasteiger partial charge >= 0.3 is 24.5 Å². The molecule has 0 spiro atoms. The molecule has 2 nitrogen and oxygen atoms in total. The van der Waals surface area contributed by atoms with Crippen molar-refractivity contribution in [2.75, 3.05) is 6.61 Å². The van der Waals surface area contributed by atoms with Crippen LogP contribution in [0.15, 0.2) is 11.6 Å². The number of ether oxygens (including phenoxy) is 1. The van der Waals surface area contributed by atoms with E-state index in [1.165, 1.54) is 6.92 Å². The topological polar surface area (TPSA) is 26.3 Å². The van der Waals surface area contributed by atoms with Gasteiger partial charge in [0.05, 0.1) is 6.61 Å². The number of allylic oxidation sites excluding steroid dienone is 1. The average molecular weight is 346 g/mol. The van der Waals surface area contributed by atoms with Crippen molar-refractivity contribution in [1.29, 1.82) is 0 Å². The number of esters is 1. The molecule has 0 aliphatic carbocycles. The second-order valence-electron chi connectivity index (χ2n) is 4.26. The molecular formula is C11H11F9O2. The van der Waals surface area contributed by atoms with E-state index in [1.807, 2.05) is 0 Å². The van der Waals surface area contributed by atoms with E-state index in [-0.39, 0.29) is 13.0 Å². The first-order valence-corrected chi connectivity index (χ1v) is 5.68. The first-order valence-electron chi connectivity index (χ1n) is 5.68. The highest BCUT2D eigenvalue weighted by atomic mass is 19.4. The van der Waals surface area contributed by atoms with Crippen molar-refractivity contribution in [2.24, 2.45) is 5.41 Å². The molecule has 0 N–H and O–H groups in total. The number of hydrogen-bond donors (Lipinski definition) is 0. The number of halogens is 9. The van der Waals surface area contributed by atoms with Gasteiger partial charge in [0, 0.05) is 5.57 Å². The Morgan fingerprint density at radius 2 is 1.27 bits per heavy atom. The maximum absolute atomic E-state index is 12.6. The predicted molar refractivity (Wildman–Crippen MR) is 55.6 cm³/mol. The van der Waals surface area contributed by atoms with E-state index in [9.17, 15) is 44.3 Å². The molecule has 0 fully saturated rings. The molecule has 130 valence electrons. The molecular weight excluding hydrogens is 335 g/mol. The number of rotatable bonds is 4. The Kier molecular flexibility index (Phi) is 5.96. The third-order valence-corrected chi connectivity index (χ3v) is 2.53. The molecule has 0 unspecified atom stereocenters. The third-order valence-electron chi connectivity index (χ3n) is 2.53. The largest absolute Gasteiger partial charge is 0.462 e.